The maximum atomic E-state index is 12.4. The van der Waals surface area contributed by atoms with Crippen LogP contribution in [-0.4, -0.2) is 35.8 Å². The average Bonchev–Trinajstić information content (AvgIpc) is 2.59. The van der Waals surface area contributed by atoms with Gasteiger partial charge >= 0.3 is 0 Å². The number of hydrogen-bond donors (Lipinski definition) is 2. The molecule has 2 amide bonds. The van der Waals surface area contributed by atoms with Gasteiger partial charge in [0.1, 0.15) is 0 Å². The molecule has 0 aromatic heterocycles. The summed E-state index contributed by atoms with van der Waals surface area (Å²) in [6.07, 6.45) is 3.39. The van der Waals surface area contributed by atoms with Crippen molar-refractivity contribution in [1.29, 1.82) is 0 Å². The van der Waals surface area contributed by atoms with Gasteiger partial charge in [-0.25, -0.2) is 0 Å². The van der Waals surface area contributed by atoms with Gasteiger partial charge in [0.2, 0.25) is 5.91 Å². The van der Waals surface area contributed by atoms with E-state index in [0.717, 1.165) is 31.5 Å². The fourth-order valence-corrected chi connectivity index (χ4v) is 2.63. The minimum absolute atomic E-state index is 0. The minimum Gasteiger partial charge on any atom is -0.352 e. The summed E-state index contributed by atoms with van der Waals surface area (Å²) >= 11 is 0. The lowest BCUT2D eigenvalue weighted by Crippen LogP contribution is -2.38. The third-order valence-electron chi connectivity index (χ3n) is 4.51. The van der Waals surface area contributed by atoms with Crippen molar-refractivity contribution in [3.63, 3.8) is 0 Å². The number of carbonyl (C=O) groups excluding carboxylic acids is 2. The van der Waals surface area contributed by atoms with Gasteiger partial charge in [0.05, 0.1) is 0 Å². The van der Waals surface area contributed by atoms with Crippen molar-refractivity contribution >= 4 is 24.2 Å². The largest absolute Gasteiger partial charge is 0.352 e. The summed E-state index contributed by atoms with van der Waals surface area (Å²) in [5, 5.41) is 2.88. The fourth-order valence-electron chi connectivity index (χ4n) is 2.63. The first-order valence-electron chi connectivity index (χ1n) is 8.40. The van der Waals surface area contributed by atoms with Crippen LogP contribution >= 0.6 is 12.4 Å². The molecule has 1 aliphatic rings. The molecule has 1 aromatic rings. The molecule has 2 rings (SSSR count). The van der Waals surface area contributed by atoms with Gasteiger partial charge in [0.15, 0.2) is 0 Å². The van der Waals surface area contributed by atoms with Crippen molar-refractivity contribution in [1.82, 2.24) is 10.2 Å². The molecule has 134 valence electrons. The summed E-state index contributed by atoms with van der Waals surface area (Å²) in [6, 6.07) is 7.31. The van der Waals surface area contributed by atoms with Crippen molar-refractivity contribution in [2.75, 3.05) is 13.1 Å². The molecule has 0 aliphatic carbocycles. The number of benzene rings is 1. The minimum atomic E-state index is -0.213. The van der Waals surface area contributed by atoms with Crippen LogP contribution in [0.3, 0.4) is 0 Å². The summed E-state index contributed by atoms with van der Waals surface area (Å²) in [6.45, 7) is 5.80. The Morgan fingerprint density at radius 1 is 1.12 bits per heavy atom. The van der Waals surface area contributed by atoms with E-state index in [0.29, 0.717) is 12.1 Å². The zero-order chi connectivity index (χ0) is 16.8. The van der Waals surface area contributed by atoms with Crippen LogP contribution in [0.5, 0.6) is 0 Å². The molecule has 3 N–H and O–H groups in total. The van der Waals surface area contributed by atoms with Crippen LogP contribution in [0.15, 0.2) is 24.3 Å². The zero-order valence-electron chi connectivity index (χ0n) is 14.5. The first kappa shape index (κ1) is 20.5. The van der Waals surface area contributed by atoms with E-state index >= 15 is 0 Å². The smallest absolute Gasteiger partial charge is 0.253 e. The highest BCUT2D eigenvalue weighted by atomic mass is 35.5. The van der Waals surface area contributed by atoms with E-state index in [9.17, 15) is 9.59 Å². The van der Waals surface area contributed by atoms with E-state index in [-0.39, 0.29) is 36.2 Å². The number of hydrogen-bond acceptors (Lipinski definition) is 3. The molecule has 0 spiro atoms. The van der Waals surface area contributed by atoms with Gasteiger partial charge in [-0.15, -0.1) is 12.4 Å². The number of piperidine rings is 1. The predicted octanol–water partition coefficient (Wildman–Crippen LogP) is 2.33. The monoisotopic (exact) mass is 353 g/mol. The first-order valence-corrected chi connectivity index (χ1v) is 8.40. The Bertz CT molecular complexity index is 540. The molecule has 5 nitrogen and oxygen atoms in total. The van der Waals surface area contributed by atoms with Crippen LogP contribution in [0.25, 0.3) is 0 Å². The second-order valence-corrected chi connectivity index (χ2v) is 6.42. The Morgan fingerprint density at radius 2 is 1.71 bits per heavy atom. The second kappa shape index (κ2) is 9.64. The maximum absolute atomic E-state index is 12.4. The number of likely N-dealkylation sites (tertiary alicyclic amines) is 1. The van der Waals surface area contributed by atoms with Crippen LogP contribution < -0.4 is 11.1 Å². The maximum Gasteiger partial charge on any atom is 0.253 e. The highest BCUT2D eigenvalue weighted by Gasteiger charge is 2.18. The summed E-state index contributed by atoms with van der Waals surface area (Å²) in [7, 11) is 0. The van der Waals surface area contributed by atoms with Gasteiger partial charge in [-0.05, 0) is 43.9 Å². The molecule has 1 aliphatic heterocycles. The normalized spacial score (nSPS) is 16.7. The number of amides is 2. The number of rotatable bonds is 5. The molecular weight excluding hydrogens is 326 g/mol. The zero-order valence-corrected chi connectivity index (χ0v) is 15.3. The van der Waals surface area contributed by atoms with Crippen LogP contribution in [-0.2, 0) is 11.3 Å². The third kappa shape index (κ3) is 5.49. The Morgan fingerprint density at radius 3 is 2.25 bits per heavy atom. The molecule has 0 saturated carbocycles. The summed E-state index contributed by atoms with van der Waals surface area (Å²) < 4.78 is 0. The molecule has 0 radical (unpaired) electrons. The number of nitrogens with zero attached hydrogens (tertiary/aromatic N) is 1. The summed E-state index contributed by atoms with van der Waals surface area (Å²) in [4.78, 5) is 26.2. The predicted molar refractivity (Wildman–Crippen MR) is 98.1 cm³/mol. The highest BCUT2D eigenvalue weighted by molar-refractivity contribution is 5.94. The Kier molecular flexibility index (Phi) is 8.22. The van der Waals surface area contributed by atoms with Crippen molar-refractivity contribution in [3.8, 4) is 0 Å². The molecule has 6 heteroatoms. The second-order valence-electron chi connectivity index (χ2n) is 6.42. The van der Waals surface area contributed by atoms with Crippen molar-refractivity contribution in [2.45, 2.75) is 45.7 Å². The Balaban J connectivity index is 0.00000288. The lowest BCUT2D eigenvalue weighted by molar-refractivity contribution is -0.125. The molecule has 1 saturated heterocycles. The van der Waals surface area contributed by atoms with Crippen molar-refractivity contribution in [2.24, 2.45) is 11.7 Å². The quantitative estimate of drug-likeness (QED) is 0.853. The van der Waals surface area contributed by atoms with Gasteiger partial charge in [-0.1, -0.05) is 19.1 Å². The lowest BCUT2D eigenvalue weighted by atomic mass is 10.0. The number of carbonyl (C=O) groups is 2. The summed E-state index contributed by atoms with van der Waals surface area (Å²) in [5.74, 6) is -0.158. The number of nitrogens with two attached hydrogens (primary N) is 1. The molecule has 2 atom stereocenters. The molecular formula is C18H28ClN3O2. The van der Waals surface area contributed by atoms with E-state index in [2.05, 4.69) is 5.32 Å². The van der Waals surface area contributed by atoms with E-state index < -0.39 is 0 Å². The SMILES string of the molecule is CC(N)C(C)C(=O)NCc1ccc(C(=O)N2CCCCC2)cc1.Cl. The lowest BCUT2D eigenvalue weighted by Gasteiger charge is -2.26. The molecule has 1 aromatic carbocycles. The van der Waals surface area contributed by atoms with Gasteiger partial charge in [-0.2, -0.15) is 0 Å². The molecule has 1 heterocycles. The van der Waals surface area contributed by atoms with Gasteiger partial charge in [0, 0.05) is 37.2 Å². The fraction of sp³-hybridized carbons (Fsp3) is 0.556. The average molecular weight is 354 g/mol. The molecule has 24 heavy (non-hydrogen) atoms. The van der Waals surface area contributed by atoms with E-state index in [1.807, 2.05) is 43.0 Å². The highest BCUT2D eigenvalue weighted by Crippen LogP contribution is 2.14. The van der Waals surface area contributed by atoms with Crippen molar-refractivity contribution in [3.05, 3.63) is 35.4 Å². The van der Waals surface area contributed by atoms with Gasteiger partial charge < -0.3 is 16.0 Å². The number of halogens is 1. The van der Waals surface area contributed by atoms with E-state index in [1.54, 1.807) is 0 Å². The Labute approximate surface area is 150 Å². The van der Waals surface area contributed by atoms with Crippen LogP contribution in [0.2, 0.25) is 0 Å². The topological polar surface area (TPSA) is 75.4 Å². The van der Waals surface area contributed by atoms with Crippen LogP contribution in [0.1, 0.15) is 49.0 Å². The molecule has 2 unspecified atom stereocenters. The Hall–Kier alpha value is -1.59. The standard InChI is InChI=1S/C18H27N3O2.ClH/c1-13(14(2)19)17(22)20-12-15-6-8-16(9-7-15)18(23)21-10-4-3-5-11-21;/h6-9,13-14H,3-5,10-12,19H2,1-2H3,(H,20,22);1H. The van der Waals surface area contributed by atoms with E-state index in [4.69, 9.17) is 5.73 Å². The van der Waals surface area contributed by atoms with Crippen LogP contribution in [0.4, 0.5) is 0 Å². The molecule has 1 fully saturated rings. The van der Waals surface area contributed by atoms with Crippen LogP contribution in [0, 0.1) is 5.92 Å². The van der Waals surface area contributed by atoms with Gasteiger partial charge in [-0.3, -0.25) is 9.59 Å². The van der Waals surface area contributed by atoms with E-state index in [1.165, 1.54) is 6.42 Å². The number of nitrogens with one attached hydrogen (secondary N) is 1. The summed E-state index contributed by atoms with van der Waals surface area (Å²) in [5.41, 5.74) is 7.42. The van der Waals surface area contributed by atoms with Crippen molar-refractivity contribution < 1.29 is 9.59 Å². The first-order chi connectivity index (χ1) is 11.0. The van der Waals surface area contributed by atoms with Gasteiger partial charge in [0.25, 0.3) is 5.91 Å². The third-order valence-corrected chi connectivity index (χ3v) is 4.51. The molecule has 0 bridgehead atoms.